The number of ether oxygens (including phenoxy) is 1. The molecule has 0 saturated heterocycles. The van der Waals surface area contributed by atoms with Gasteiger partial charge in [0.2, 0.25) is 5.91 Å². The molecule has 0 bridgehead atoms. The minimum absolute atomic E-state index is 0.0387. The van der Waals surface area contributed by atoms with Crippen molar-refractivity contribution in [3.05, 3.63) is 59.7 Å². The van der Waals surface area contributed by atoms with Gasteiger partial charge in [0.25, 0.3) is 0 Å². The van der Waals surface area contributed by atoms with Crippen LogP contribution in [0.15, 0.2) is 48.5 Å². The average Bonchev–Trinajstić information content (AvgIpc) is 3.12. The quantitative estimate of drug-likeness (QED) is 0.536. The van der Waals surface area contributed by atoms with Gasteiger partial charge in [0.1, 0.15) is 18.7 Å². The van der Waals surface area contributed by atoms with E-state index in [0.717, 1.165) is 22.3 Å². The van der Waals surface area contributed by atoms with Crippen LogP contribution in [0, 0.1) is 17.8 Å². The molecule has 7 nitrogen and oxygen atoms in total. The summed E-state index contributed by atoms with van der Waals surface area (Å²) in [7, 11) is 0. The van der Waals surface area contributed by atoms with E-state index in [2.05, 4.69) is 22.5 Å². The first kappa shape index (κ1) is 23.9. The van der Waals surface area contributed by atoms with E-state index in [9.17, 15) is 19.5 Å². The molecule has 0 fully saturated rings. The Balaban J connectivity index is 1.68. The van der Waals surface area contributed by atoms with E-state index in [1.165, 1.54) is 0 Å². The Kier molecular flexibility index (Phi) is 7.73. The monoisotopic (exact) mass is 448 g/mol. The Labute approximate surface area is 193 Å². The summed E-state index contributed by atoms with van der Waals surface area (Å²) >= 11 is 0. The Morgan fingerprint density at radius 3 is 2.09 bits per heavy atom. The van der Waals surface area contributed by atoms with Gasteiger partial charge in [-0.15, -0.1) is 11.8 Å². The van der Waals surface area contributed by atoms with Crippen molar-refractivity contribution in [2.45, 2.75) is 45.2 Å². The van der Waals surface area contributed by atoms with Gasteiger partial charge in [-0.1, -0.05) is 62.4 Å². The SMILES string of the molecule is CC#CCC(NC(=O)OCC1c2ccccc2-c2ccccc21)C(=O)N[C@H](C(=O)O)C(C)C. The fourth-order valence-electron chi connectivity index (χ4n) is 3.96. The third-order valence-corrected chi connectivity index (χ3v) is 5.67. The second-order valence-corrected chi connectivity index (χ2v) is 8.22. The molecular weight excluding hydrogens is 420 g/mol. The van der Waals surface area contributed by atoms with Gasteiger partial charge in [0, 0.05) is 12.3 Å². The van der Waals surface area contributed by atoms with Crippen molar-refractivity contribution in [2.24, 2.45) is 5.92 Å². The van der Waals surface area contributed by atoms with Gasteiger partial charge in [0.15, 0.2) is 0 Å². The minimum atomic E-state index is -1.14. The average molecular weight is 449 g/mol. The maximum Gasteiger partial charge on any atom is 0.407 e. The van der Waals surface area contributed by atoms with E-state index in [1.54, 1.807) is 20.8 Å². The number of rotatable bonds is 8. The summed E-state index contributed by atoms with van der Waals surface area (Å²) < 4.78 is 5.51. The maximum atomic E-state index is 12.7. The van der Waals surface area contributed by atoms with Gasteiger partial charge in [-0.2, -0.15) is 0 Å². The van der Waals surface area contributed by atoms with Crippen LogP contribution >= 0.6 is 0 Å². The minimum Gasteiger partial charge on any atom is -0.480 e. The Bertz CT molecular complexity index is 1050. The number of carboxylic acids is 1. The Hall–Kier alpha value is -3.79. The van der Waals surface area contributed by atoms with E-state index in [-0.39, 0.29) is 24.9 Å². The molecule has 0 radical (unpaired) electrons. The molecule has 7 heteroatoms. The maximum absolute atomic E-state index is 12.7. The van der Waals surface area contributed by atoms with E-state index in [4.69, 9.17) is 4.74 Å². The lowest BCUT2D eigenvalue weighted by atomic mass is 9.98. The topological polar surface area (TPSA) is 105 Å². The summed E-state index contributed by atoms with van der Waals surface area (Å²) in [6, 6.07) is 13.9. The lowest BCUT2D eigenvalue weighted by molar-refractivity contribution is -0.143. The van der Waals surface area contributed by atoms with Crippen LogP contribution in [0.3, 0.4) is 0 Å². The van der Waals surface area contributed by atoms with Crippen LogP contribution in [0.4, 0.5) is 4.79 Å². The van der Waals surface area contributed by atoms with Gasteiger partial charge in [-0.3, -0.25) is 4.79 Å². The van der Waals surface area contributed by atoms with Crippen molar-refractivity contribution < 1.29 is 24.2 Å². The third-order valence-electron chi connectivity index (χ3n) is 5.67. The molecule has 2 aromatic rings. The number of hydrogen-bond acceptors (Lipinski definition) is 4. The highest BCUT2D eigenvalue weighted by Gasteiger charge is 2.31. The number of aliphatic carboxylic acids is 1. The van der Waals surface area contributed by atoms with Gasteiger partial charge in [0.05, 0.1) is 0 Å². The molecule has 0 aliphatic heterocycles. The predicted molar refractivity (Wildman–Crippen MR) is 124 cm³/mol. The molecule has 2 atom stereocenters. The summed E-state index contributed by atoms with van der Waals surface area (Å²) in [6.45, 7) is 5.12. The molecule has 3 rings (SSSR count). The number of benzene rings is 2. The Morgan fingerprint density at radius 1 is 1.00 bits per heavy atom. The summed E-state index contributed by atoms with van der Waals surface area (Å²) in [4.78, 5) is 36.7. The van der Waals surface area contributed by atoms with Crippen molar-refractivity contribution in [1.29, 1.82) is 0 Å². The Morgan fingerprint density at radius 2 is 1.58 bits per heavy atom. The number of carbonyl (C=O) groups excluding carboxylic acids is 2. The zero-order chi connectivity index (χ0) is 24.0. The summed E-state index contributed by atoms with van der Waals surface area (Å²) in [5.41, 5.74) is 4.40. The summed E-state index contributed by atoms with van der Waals surface area (Å²) in [5, 5.41) is 14.4. The third kappa shape index (κ3) is 5.53. The van der Waals surface area contributed by atoms with Crippen LogP contribution in [-0.4, -0.2) is 41.8 Å². The molecule has 0 saturated carbocycles. The first-order valence-electron chi connectivity index (χ1n) is 10.9. The molecule has 1 unspecified atom stereocenters. The van der Waals surface area contributed by atoms with Crippen LogP contribution in [0.5, 0.6) is 0 Å². The highest BCUT2D eigenvalue weighted by molar-refractivity contribution is 5.89. The van der Waals surface area contributed by atoms with E-state index in [1.807, 2.05) is 48.5 Å². The summed E-state index contributed by atoms with van der Waals surface area (Å²) in [5.74, 6) is 3.26. The van der Waals surface area contributed by atoms with Crippen LogP contribution in [0.25, 0.3) is 11.1 Å². The number of nitrogens with one attached hydrogen (secondary N) is 2. The largest absolute Gasteiger partial charge is 0.480 e. The zero-order valence-corrected chi connectivity index (χ0v) is 18.9. The lowest BCUT2D eigenvalue weighted by Gasteiger charge is -2.22. The normalized spacial score (nSPS) is 13.7. The number of amides is 2. The molecule has 0 aromatic heterocycles. The second kappa shape index (κ2) is 10.7. The van der Waals surface area contributed by atoms with Crippen molar-refractivity contribution in [1.82, 2.24) is 10.6 Å². The molecule has 3 N–H and O–H groups in total. The van der Waals surface area contributed by atoms with Gasteiger partial charge in [-0.25, -0.2) is 9.59 Å². The predicted octanol–water partition coefficient (Wildman–Crippen LogP) is 3.53. The highest BCUT2D eigenvalue weighted by atomic mass is 16.5. The summed E-state index contributed by atoms with van der Waals surface area (Å²) in [6.07, 6.45) is -0.719. The molecule has 1 aliphatic carbocycles. The number of fused-ring (bicyclic) bond motifs is 3. The fourth-order valence-corrected chi connectivity index (χ4v) is 3.96. The van der Waals surface area contributed by atoms with Crippen molar-refractivity contribution in [3.63, 3.8) is 0 Å². The van der Waals surface area contributed by atoms with Gasteiger partial charge >= 0.3 is 12.1 Å². The first-order chi connectivity index (χ1) is 15.8. The molecule has 0 heterocycles. The van der Waals surface area contributed by atoms with Crippen molar-refractivity contribution >= 4 is 18.0 Å². The molecule has 2 aromatic carbocycles. The number of carbonyl (C=O) groups is 3. The number of alkyl carbamates (subject to hydrolysis) is 1. The standard InChI is InChI=1S/C26H28N2O5/c1-4-5-14-22(24(29)28-23(16(2)3)25(30)31)27-26(32)33-15-21-19-12-8-6-10-17(19)18-11-7-9-13-20(18)21/h6-13,16,21-23H,14-15H2,1-3H3,(H,27,32)(H,28,29)(H,30,31)/t22?,23-/m0/s1. The van der Waals surface area contributed by atoms with Crippen molar-refractivity contribution in [2.75, 3.05) is 6.61 Å². The smallest absolute Gasteiger partial charge is 0.407 e. The molecule has 2 amide bonds. The van der Waals surface area contributed by atoms with Gasteiger partial charge in [-0.05, 0) is 35.1 Å². The van der Waals surface area contributed by atoms with Crippen LogP contribution < -0.4 is 10.6 Å². The van der Waals surface area contributed by atoms with E-state index < -0.39 is 30.1 Å². The molecule has 172 valence electrons. The van der Waals surface area contributed by atoms with E-state index in [0.29, 0.717) is 0 Å². The molecular formula is C26H28N2O5. The first-order valence-corrected chi connectivity index (χ1v) is 10.9. The highest BCUT2D eigenvalue weighted by Crippen LogP contribution is 2.44. The van der Waals surface area contributed by atoms with Crippen LogP contribution in [0.2, 0.25) is 0 Å². The fraction of sp³-hybridized carbons (Fsp3) is 0.346. The lowest BCUT2D eigenvalue weighted by Crippen LogP contribution is -2.53. The zero-order valence-electron chi connectivity index (χ0n) is 18.9. The second-order valence-electron chi connectivity index (χ2n) is 8.22. The van der Waals surface area contributed by atoms with Gasteiger partial charge < -0.3 is 20.5 Å². The molecule has 33 heavy (non-hydrogen) atoms. The molecule has 0 spiro atoms. The molecule has 1 aliphatic rings. The van der Waals surface area contributed by atoms with Crippen LogP contribution in [0.1, 0.15) is 44.2 Å². The van der Waals surface area contributed by atoms with E-state index >= 15 is 0 Å². The van der Waals surface area contributed by atoms with Crippen molar-refractivity contribution in [3.8, 4) is 23.0 Å². The number of hydrogen-bond donors (Lipinski definition) is 3. The number of carboxylic acid groups (broad SMARTS) is 1. The van der Waals surface area contributed by atoms with Crippen LogP contribution in [-0.2, 0) is 14.3 Å².